The number of aldehydes is 1. The van der Waals surface area contributed by atoms with Crippen molar-refractivity contribution < 1.29 is 13.2 Å². The maximum atomic E-state index is 12.3. The zero-order valence-electron chi connectivity index (χ0n) is 16.7. The van der Waals surface area contributed by atoms with Gasteiger partial charge < -0.3 is 11.5 Å². The molecule has 0 radical (unpaired) electrons. The Labute approximate surface area is 172 Å². The van der Waals surface area contributed by atoms with Gasteiger partial charge in [0.25, 0.3) is 0 Å². The van der Waals surface area contributed by atoms with Crippen molar-refractivity contribution in [2.45, 2.75) is 26.2 Å². The molecule has 3 rings (SSSR count). The van der Waals surface area contributed by atoms with Crippen LogP contribution in [0.1, 0.15) is 34.3 Å². The number of aryl methyl sites for hydroxylation is 2. The predicted octanol–water partition coefficient (Wildman–Crippen LogP) is 1.41. The van der Waals surface area contributed by atoms with Crippen molar-refractivity contribution in [3.63, 3.8) is 0 Å². The Morgan fingerprint density at radius 2 is 1.72 bits per heavy atom. The Kier molecular flexibility index (Phi) is 8.69. The van der Waals surface area contributed by atoms with Gasteiger partial charge in [-0.3, -0.25) is 4.79 Å². The molecule has 29 heavy (non-hydrogen) atoms. The first-order valence-electron chi connectivity index (χ1n) is 9.60. The lowest BCUT2D eigenvalue weighted by Gasteiger charge is -2.30. The molecule has 2 heterocycles. The van der Waals surface area contributed by atoms with E-state index in [0.717, 1.165) is 18.4 Å². The zero-order chi connectivity index (χ0) is 21.3. The highest BCUT2D eigenvalue weighted by atomic mass is 32.2. The van der Waals surface area contributed by atoms with Gasteiger partial charge >= 0.3 is 0 Å². The minimum Gasteiger partial charge on any atom is -0.368 e. The molecule has 1 aliphatic rings. The summed E-state index contributed by atoms with van der Waals surface area (Å²) in [6.07, 6.45) is 5.77. The van der Waals surface area contributed by atoms with E-state index in [1.54, 1.807) is 4.31 Å². The Bertz CT molecular complexity index is 862. The summed E-state index contributed by atoms with van der Waals surface area (Å²) in [4.78, 5) is 17.2. The number of sulfonamides is 1. The molecule has 0 amide bonds. The van der Waals surface area contributed by atoms with Gasteiger partial charge in [-0.05, 0) is 44.2 Å². The Morgan fingerprint density at radius 3 is 2.24 bits per heavy atom. The number of carbonyl (C=O) groups is 1. The average molecular weight is 420 g/mol. The van der Waals surface area contributed by atoms with Crippen molar-refractivity contribution >= 4 is 22.3 Å². The van der Waals surface area contributed by atoms with Gasteiger partial charge in [0.2, 0.25) is 16.0 Å². The number of carbonyl (C=O) groups excluding carboxylic acids is 1. The van der Waals surface area contributed by atoms with Crippen molar-refractivity contribution in [3.8, 4) is 0 Å². The molecule has 0 bridgehead atoms. The summed E-state index contributed by atoms with van der Waals surface area (Å²) in [5.74, 6) is 0.864. The molecule has 4 N–H and O–H groups in total. The van der Waals surface area contributed by atoms with E-state index in [-0.39, 0.29) is 11.7 Å². The molecule has 0 spiro atoms. The molecule has 2 aromatic rings. The number of piperidine rings is 1. The summed E-state index contributed by atoms with van der Waals surface area (Å²) in [6.45, 7) is 3.94. The van der Waals surface area contributed by atoms with Crippen molar-refractivity contribution in [1.29, 1.82) is 0 Å². The fourth-order valence-electron chi connectivity index (χ4n) is 2.96. The number of benzene rings is 1. The zero-order valence-corrected chi connectivity index (χ0v) is 17.5. The summed E-state index contributed by atoms with van der Waals surface area (Å²) < 4.78 is 26.3. The molecule has 1 aromatic heterocycles. The maximum Gasteiger partial charge on any atom is 0.219 e. The molecule has 1 aromatic carbocycles. The van der Waals surface area contributed by atoms with E-state index >= 15 is 0 Å². The summed E-state index contributed by atoms with van der Waals surface area (Å²) in [5, 5.41) is 0. The predicted molar refractivity (Wildman–Crippen MR) is 114 cm³/mol. The molecular weight excluding hydrogens is 390 g/mol. The lowest BCUT2D eigenvalue weighted by molar-refractivity contribution is 0.112. The van der Waals surface area contributed by atoms with Crippen molar-refractivity contribution in [3.05, 3.63) is 53.3 Å². The number of hydrogen-bond donors (Lipinski definition) is 2. The summed E-state index contributed by atoms with van der Waals surface area (Å²) in [7, 11) is -3.13. The van der Waals surface area contributed by atoms with Gasteiger partial charge in [-0.15, -0.1) is 0 Å². The second-order valence-corrected chi connectivity index (χ2v) is 9.21. The third kappa shape index (κ3) is 7.52. The van der Waals surface area contributed by atoms with Crippen LogP contribution in [0, 0.1) is 12.8 Å². The van der Waals surface area contributed by atoms with E-state index in [4.69, 9.17) is 11.5 Å². The van der Waals surface area contributed by atoms with E-state index in [9.17, 15) is 13.2 Å². The van der Waals surface area contributed by atoms with Crippen molar-refractivity contribution in [1.82, 2.24) is 14.3 Å². The monoisotopic (exact) mass is 419 g/mol. The SMILES string of the molecule is Cc1ccc(CCS(=O)(=O)N2CCC(CN)CC2)cc1.Nc1ncc(C=O)cn1. The van der Waals surface area contributed by atoms with E-state index in [2.05, 4.69) is 9.97 Å². The highest BCUT2D eigenvalue weighted by molar-refractivity contribution is 7.89. The molecule has 158 valence electrons. The van der Waals surface area contributed by atoms with Crippen LogP contribution in [0.2, 0.25) is 0 Å². The third-order valence-corrected chi connectivity index (χ3v) is 6.77. The van der Waals surface area contributed by atoms with Crippen molar-refractivity contribution in [2.24, 2.45) is 11.7 Å². The molecule has 0 aliphatic carbocycles. The van der Waals surface area contributed by atoms with Gasteiger partial charge in [0.05, 0.1) is 11.3 Å². The molecule has 0 saturated carbocycles. The standard InChI is InChI=1S/C15H24N2O2S.C5H5N3O/c1-13-2-4-14(5-3-13)8-11-20(18,19)17-9-6-15(12-16)7-10-17;6-5-7-1-4(3-9)2-8-5/h2-5,15H,6-12,16H2,1H3;1-3H,(H2,6,7,8). The summed E-state index contributed by atoms with van der Waals surface area (Å²) in [5.41, 5.74) is 13.5. The number of aromatic nitrogens is 2. The van der Waals surface area contributed by atoms with Crippen LogP contribution in [-0.2, 0) is 16.4 Å². The van der Waals surface area contributed by atoms with Crippen molar-refractivity contribution in [2.75, 3.05) is 31.1 Å². The Hall–Kier alpha value is -2.36. The Balaban J connectivity index is 0.000000278. The lowest BCUT2D eigenvalue weighted by atomic mass is 9.99. The topological polar surface area (TPSA) is 132 Å². The van der Waals surface area contributed by atoms with Crippen LogP contribution < -0.4 is 11.5 Å². The number of nitrogens with two attached hydrogens (primary N) is 2. The van der Waals surface area contributed by atoms with Gasteiger partial charge in [-0.25, -0.2) is 22.7 Å². The van der Waals surface area contributed by atoms with Gasteiger partial charge in [0.1, 0.15) is 0 Å². The molecule has 1 saturated heterocycles. The fraction of sp³-hybridized carbons (Fsp3) is 0.450. The lowest BCUT2D eigenvalue weighted by Crippen LogP contribution is -2.41. The van der Waals surface area contributed by atoms with E-state index in [1.807, 2.05) is 31.2 Å². The molecule has 1 fully saturated rings. The van der Waals surface area contributed by atoms with Crippen LogP contribution >= 0.6 is 0 Å². The van der Waals surface area contributed by atoms with E-state index in [0.29, 0.717) is 43.8 Å². The second kappa shape index (κ2) is 11.0. The first kappa shape index (κ1) is 22.9. The third-order valence-electron chi connectivity index (χ3n) is 4.90. The largest absolute Gasteiger partial charge is 0.368 e. The smallest absolute Gasteiger partial charge is 0.219 e. The molecule has 9 heteroatoms. The first-order valence-corrected chi connectivity index (χ1v) is 11.2. The van der Waals surface area contributed by atoms with Crippen LogP contribution in [0.15, 0.2) is 36.7 Å². The van der Waals surface area contributed by atoms with E-state index < -0.39 is 10.0 Å². The number of rotatable bonds is 6. The molecule has 0 atom stereocenters. The van der Waals surface area contributed by atoms with Crippen LogP contribution in [0.4, 0.5) is 5.95 Å². The van der Waals surface area contributed by atoms with E-state index in [1.165, 1.54) is 18.0 Å². The van der Waals surface area contributed by atoms with Gasteiger partial charge in [0.15, 0.2) is 6.29 Å². The quantitative estimate of drug-likeness (QED) is 0.676. The summed E-state index contributed by atoms with van der Waals surface area (Å²) >= 11 is 0. The fourth-order valence-corrected chi connectivity index (χ4v) is 4.48. The minimum atomic E-state index is -3.13. The van der Waals surface area contributed by atoms with Crippen LogP contribution in [-0.4, -0.2) is 54.4 Å². The van der Waals surface area contributed by atoms with Gasteiger partial charge in [-0.1, -0.05) is 29.8 Å². The normalized spacial score (nSPS) is 15.4. The Morgan fingerprint density at radius 1 is 1.14 bits per heavy atom. The molecule has 1 aliphatic heterocycles. The number of nitrogen functional groups attached to an aromatic ring is 1. The molecule has 0 unspecified atom stereocenters. The molecule has 8 nitrogen and oxygen atoms in total. The second-order valence-electron chi connectivity index (χ2n) is 7.12. The number of hydrogen-bond acceptors (Lipinski definition) is 7. The first-order chi connectivity index (χ1) is 13.8. The highest BCUT2D eigenvalue weighted by Crippen LogP contribution is 2.19. The van der Waals surface area contributed by atoms with Crippen LogP contribution in [0.5, 0.6) is 0 Å². The highest BCUT2D eigenvalue weighted by Gasteiger charge is 2.27. The minimum absolute atomic E-state index is 0.181. The van der Waals surface area contributed by atoms with Gasteiger partial charge in [-0.2, -0.15) is 0 Å². The van der Waals surface area contributed by atoms with Crippen LogP contribution in [0.25, 0.3) is 0 Å². The molecular formula is C20H29N5O3S. The number of nitrogens with zero attached hydrogens (tertiary/aromatic N) is 3. The average Bonchev–Trinajstić information content (AvgIpc) is 2.74. The maximum absolute atomic E-state index is 12.3. The number of anilines is 1. The van der Waals surface area contributed by atoms with Gasteiger partial charge in [0, 0.05) is 25.5 Å². The van der Waals surface area contributed by atoms with Crippen LogP contribution in [0.3, 0.4) is 0 Å². The summed E-state index contributed by atoms with van der Waals surface area (Å²) in [6, 6.07) is 8.06.